The van der Waals surface area contributed by atoms with Gasteiger partial charge >= 0.3 is 0 Å². The van der Waals surface area contributed by atoms with Crippen molar-refractivity contribution in [1.82, 2.24) is 4.98 Å². The summed E-state index contributed by atoms with van der Waals surface area (Å²) in [4.78, 5) is 8.33. The molecule has 1 aromatic rings. The maximum atomic E-state index is 5.32. The van der Waals surface area contributed by atoms with Crippen LogP contribution in [0.15, 0.2) is 29.4 Å². The second-order valence-corrected chi connectivity index (χ2v) is 3.30. The van der Waals surface area contributed by atoms with Crippen LogP contribution in [-0.2, 0) is 9.47 Å². The summed E-state index contributed by atoms with van der Waals surface area (Å²) in [6, 6.07) is 5.71. The summed E-state index contributed by atoms with van der Waals surface area (Å²) in [5, 5.41) is 0. The van der Waals surface area contributed by atoms with Gasteiger partial charge in [0.05, 0.1) is 38.7 Å². The molecular weight excluding hydrogens is 218 g/mol. The summed E-state index contributed by atoms with van der Waals surface area (Å²) >= 11 is 0. The first-order chi connectivity index (χ1) is 8.43. The minimum atomic E-state index is 0.550. The lowest BCUT2D eigenvalue weighted by molar-refractivity contribution is 0.0540. The van der Waals surface area contributed by atoms with Gasteiger partial charge in [0.1, 0.15) is 0 Å². The van der Waals surface area contributed by atoms with E-state index in [1.54, 1.807) is 12.4 Å². The highest BCUT2D eigenvalue weighted by Crippen LogP contribution is 1.88. The zero-order valence-electron chi connectivity index (χ0n) is 9.92. The fourth-order valence-electron chi connectivity index (χ4n) is 1.13. The molecule has 1 heterocycles. The van der Waals surface area contributed by atoms with Crippen molar-refractivity contribution >= 4 is 6.21 Å². The summed E-state index contributed by atoms with van der Waals surface area (Å²) in [5.74, 6) is 0. The third-order valence-electron chi connectivity index (χ3n) is 1.91. The van der Waals surface area contributed by atoms with Crippen LogP contribution in [0.3, 0.4) is 0 Å². The molecular formula is C12H19N3O2. The van der Waals surface area contributed by atoms with Crippen LogP contribution in [0.2, 0.25) is 0 Å². The molecule has 5 heteroatoms. The molecule has 0 amide bonds. The largest absolute Gasteiger partial charge is 0.378 e. The third-order valence-corrected chi connectivity index (χ3v) is 1.91. The number of aliphatic imine (C=N–C) groups is 1. The highest BCUT2D eigenvalue weighted by Gasteiger charge is 1.89. The summed E-state index contributed by atoms with van der Waals surface area (Å²) in [5.41, 5.74) is 6.13. The number of ether oxygens (including phenoxy) is 2. The molecule has 0 bridgehead atoms. The van der Waals surface area contributed by atoms with Crippen molar-refractivity contribution in [2.45, 2.75) is 0 Å². The van der Waals surface area contributed by atoms with E-state index < -0.39 is 0 Å². The average molecular weight is 237 g/mol. The summed E-state index contributed by atoms with van der Waals surface area (Å²) in [6.07, 6.45) is 3.49. The van der Waals surface area contributed by atoms with E-state index in [1.165, 1.54) is 0 Å². The van der Waals surface area contributed by atoms with Gasteiger partial charge in [-0.05, 0) is 12.1 Å². The van der Waals surface area contributed by atoms with E-state index in [2.05, 4.69) is 9.98 Å². The Morgan fingerprint density at radius 1 is 1.18 bits per heavy atom. The first-order valence-electron chi connectivity index (χ1n) is 5.70. The zero-order valence-corrected chi connectivity index (χ0v) is 9.92. The Morgan fingerprint density at radius 3 is 2.71 bits per heavy atom. The van der Waals surface area contributed by atoms with Crippen LogP contribution in [0.1, 0.15) is 5.69 Å². The molecule has 2 N–H and O–H groups in total. The standard InChI is InChI=1S/C12H19N3O2/c13-4-7-16-9-10-17-8-6-14-11-12-3-1-2-5-15-12/h1-3,5,11H,4,6-10,13H2. The van der Waals surface area contributed by atoms with Crippen LogP contribution < -0.4 is 5.73 Å². The molecule has 1 aromatic heterocycles. The highest BCUT2D eigenvalue weighted by atomic mass is 16.5. The normalized spacial score (nSPS) is 11.1. The number of nitrogens with zero attached hydrogens (tertiary/aromatic N) is 2. The van der Waals surface area contributed by atoms with E-state index in [4.69, 9.17) is 15.2 Å². The smallest absolute Gasteiger partial charge is 0.0807 e. The molecule has 0 aliphatic rings. The molecule has 1 rings (SSSR count). The molecule has 0 aromatic carbocycles. The lowest BCUT2D eigenvalue weighted by atomic mass is 10.4. The van der Waals surface area contributed by atoms with E-state index in [-0.39, 0.29) is 0 Å². The van der Waals surface area contributed by atoms with E-state index >= 15 is 0 Å². The van der Waals surface area contributed by atoms with Crippen LogP contribution in [0.4, 0.5) is 0 Å². The SMILES string of the molecule is NCCOCCOCCN=Cc1ccccn1. The molecule has 0 unspecified atom stereocenters. The van der Waals surface area contributed by atoms with Gasteiger partial charge in [-0.15, -0.1) is 0 Å². The maximum absolute atomic E-state index is 5.32. The lowest BCUT2D eigenvalue weighted by Crippen LogP contribution is -2.12. The minimum absolute atomic E-state index is 0.550. The third kappa shape index (κ3) is 7.57. The topological polar surface area (TPSA) is 69.7 Å². The molecule has 0 spiro atoms. The van der Waals surface area contributed by atoms with E-state index in [0.29, 0.717) is 39.5 Å². The van der Waals surface area contributed by atoms with Crippen molar-refractivity contribution in [2.24, 2.45) is 10.7 Å². The molecule has 0 radical (unpaired) electrons. The molecule has 0 aliphatic carbocycles. The zero-order chi connectivity index (χ0) is 12.2. The Hall–Kier alpha value is -1.30. The van der Waals surface area contributed by atoms with Gasteiger partial charge in [0.15, 0.2) is 0 Å². The Balaban J connectivity index is 1.95. The van der Waals surface area contributed by atoms with E-state index in [9.17, 15) is 0 Å². The minimum Gasteiger partial charge on any atom is -0.378 e. The highest BCUT2D eigenvalue weighted by molar-refractivity contribution is 5.76. The number of pyridine rings is 1. The van der Waals surface area contributed by atoms with Crippen LogP contribution in [-0.4, -0.2) is 50.7 Å². The Bertz CT molecular complexity index is 304. The quantitative estimate of drug-likeness (QED) is 0.501. The van der Waals surface area contributed by atoms with Gasteiger partial charge in [-0.25, -0.2) is 0 Å². The predicted octanol–water partition coefficient (Wildman–Crippen LogP) is 0.492. The first kappa shape index (κ1) is 13.8. The number of aromatic nitrogens is 1. The molecule has 5 nitrogen and oxygen atoms in total. The Labute approximate surface area is 102 Å². The lowest BCUT2D eigenvalue weighted by Gasteiger charge is -2.02. The van der Waals surface area contributed by atoms with Crippen molar-refractivity contribution in [1.29, 1.82) is 0 Å². The van der Waals surface area contributed by atoms with Gasteiger partial charge in [0.2, 0.25) is 0 Å². The van der Waals surface area contributed by atoms with E-state index in [0.717, 1.165) is 5.69 Å². The molecule has 0 fully saturated rings. The molecule has 94 valence electrons. The van der Waals surface area contributed by atoms with Crippen LogP contribution in [0.5, 0.6) is 0 Å². The average Bonchev–Trinajstić information content (AvgIpc) is 2.38. The molecule has 0 saturated heterocycles. The number of hydrogen-bond donors (Lipinski definition) is 1. The monoisotopic (exact) mass is 237 g/mol. The molecule has 0 atom stereocenters. The first-order valence-corrected chi connectivity index (χ1v) is 5.70. The van der Waals surface area contributed by atoms with Crippen LogP contribution in [0, 0.1) is 0 Å². The van der Waals surface area contributed by atoms with Gasteiger partial charge in [-0.3, -0.25) is 9.98 Å². The van der Waals surface area contributed by atoms with Crippen molar-refractivity contribution in [3.8, 4) is 0 Å². The number of nitrogens with two attached hydrogens (primary N) is 1. The van der Waals surface area contributed by atoms with Gasteiger partial charge in [-0.2, -0.15) is 0 Å². The second kappa shape index (κ2) is 9.89. The predicted molar refractivity (Wildman–Crippen MR) is 67.4 cm³/mol. The van der Waals surface area contributed by atoms with Crippen molar-refractivity contribution in [3.05, 3.63) is 30.1 Å². The Morgan fingerprint density at radius 2 is 2.00 bits per heavy atom. The maximum Gasteiger partial charge on any atom is 0.0807 e. The molecule has 17 heavy (non-hydrogen) atoms. The van der Waals surface area contributed by atoms with Gasteiger partial charge in [0.25, 0.3) is 0 Å². The molecule has 0 saturated carbocycles. The fraction of sp³-hybridized carbons (Fsp3) is 0.500. The molecule has 0 aliphatic heterocycles. The summed E-state index contributed by atoms with van der Waals surface area (Å²) in [7, 11) is 0. The van der Waals surface area contributed by atoms with Crippen molar-refractivity contribution in [3.63, 3.8) is 0 Å². The van der Waals surface area contributed by atoms with E-state index in [1.807, 2.05) is 18.2 Å². The van der Waals surface area contributed by atoms with Gasteiger partial charge in [-0.1, -0.05) is 6.07 Å². The Kier molecular flexibility index (Phi) is 8.01. The number of rotatable bonds is 9. The fourth-order valence-corrected chi connectivity index (χ4v) is 1.13. The summed E-state index contributed by atoms with van der Waals surface area (Å²) in [6.45, 7) is 3.53. The van der Waals surface area contributed by atoms with Crippen molar-refractivity contribution in [2.75, 3.05) is 39.5 Å². The second-order valence-electron chi connectivity index (χ2n) is 3.30. The van der Waals surface area contributed by atoms with Crippen molar-refractivity contribution < 1.29 is 9.47 Å². The van der Waals surface area contributed by atoms with Crippen LogP contribution >= 0.6 is 0 Å². The number of hydrogen-bond acceptors (Lipinski definition) is 5. The van der Waals surface area contributed by atoms with Gasteiger partial charge in [0, 0.05) is 19.0 Å². The van der Waals surface area contributed by atoms with Gasteiger partial charge < -0.3 is 15.2 Å². The summed E-state index contributed by atoms with van der Waals surface area (Å²) < 4.78 is 10.5. The van der Waals surface area contributed by atoms with Crippen LogP contribution in [0.25, 0.3) is 0 Å².